The smallest absolute Gasteiger partial charge is 0.211 e. The molecule has 1 aromatic heterocycles. The molecular formula is C20H26FN3O2S. The first-order valence-electron chi connectivity index (χ1n) is 9.41. The van der Waals surface area contributed by atoms with Gasteiger partial charge in [0.25, 0.3) is 0 Å². The minimum atomic E-state index is -3.11. The van der Waals surface area contributed by atoms with E-state index in [-0.39, 0.29) is 11.6 Å². The van der Waals surface area contributed by atoms with Gasteiger partial charge in [-0.1, -0.05) is 18.2 Å². The van der Waals surface area contributed by atoms with Crippen LogP contribution in [-0.2, 0) is 10.0 Å². The summed E-state index contributed by atoms with van der Waals surface area (Å²) >= 11 is 0. The van der Waals surface area contributed by atoms with Gasteiger partial charge in [0.05, 0.1) is 5.75 Å². The molecule has 0 saturated heterocycles. The molecule has 0 bridgehead atoms. The van der Waals surface area contributed by atoms with E-state index in [1.165, 1.54) is 6.07 Å². The van der Waals surface area contributed by atoms with Gasteiger partial charge in [-0.2, -0.15) is 0 Å². The molecule has 0 atom stereocenters. The number of hydrogen-bond acceptors (Lipinski definition) is 4. The average molecular weight is 392 g/mol. The Morgan fingerprint density at radius 1 is 1.11 bits per heavy atom. The molecule has 2 N–H and O–H groups in total. The van der Waals surface area contributed by atoms with Gasteiger partial charge in [-0.15, -0.1) is 0 Å². The second-order valence-electron chi connectivity index (χ2n) is 7.03. The molecule has 0 unspecified atom stereocenters. The normalized spacial score (nSPS) is 20.4. The van der Waals surface area contributed by atoms with Crippen molar-refractivity contribution in [3.05, 3.63) is 48.4 Å². The number of anilines is 1. The van der Waals surface area contributed by atoms with E-state index in [1.54, 1.807) is 25.3 Å². The van der Waals surface area contributed by atoms with Crippen molar-refractivity contribution in [2.45, 2.75) is 38.6 Å². The molecule has 1 aliphatic rings. The number of aromatic nitrogens is 1. The largest absolute Gasteiger partial charge is 0.367 e. The lowest BCUT2D eigenvalue weighted by atomic mass is 9.86. The molecule has 5 nitrogen and oxygen atoms in total. The van der Waals surface area contributed by atoms with Crippen molar-refractivity contribution < 1.29 is 12.8 Å². The van der Waals surface area contributed by atoms with Gasteiger partial charge in [-0.3, -0.25) is 0 Å². The third-order valence-corrected chi connectivity index (χ3v) is 6.49. The van der Waals surface area contributed by atoms with E-state index in [0.29, 0.717) is 24.1 Å². The highest BCUT2D eigenvalue weighted by Gasteiger charge is 2.22. The number of sulfonamides is 1. The van der Waals surface area contributed by atoms with Gasteiger partial charge in [0.15, 0.2) is 0 Å². The van der Waals surface area contributed by atoms with Crippen LogP contribution in [0.2, 0.25) is 0 Å². The molecule has 146 valence electrons. The van der Waals surface area contributed by atoms with Crippen LogP contribution in [-0.4, -0.2) is 31.7 Å². The Morgan fingerprint density at radius 2 is 1.85 bits per heavy atom. The summed E-state index contributed by atoms with van der Waals surface area (Å²) in [4.78, 5) is 4.42. The highest BCUT2D eigenvalue weighted by atomic mass is 32.2. The van der Waals surface area contributed by atoms with Crippen LogP contribution in [0.5, 0.6) is 0 Å². The lowest BCUT2D eigenvalue weighted by Gasteiger charge is -2.29. The molecule has 3 rings (SSSR count). The first-order chi connectivity index (χ1) is 13.0. The van der Waals surface area contributed by atoms with E-state index in [0.717, 1.165) is 37.1 Å². The molecule has 0 aliphatic heterocycles. The minimum absolute atomic E-state index is 0.123. The molecule has 0 radical (unpaired) electrons. The quantitative estimate of drug-likeness (QED) is 0.753. The fourth-order valence-electron chi connectivity index (χ4n) is 3.40. The topological polar surface area (TPSA) is 71.1 Å². The Kier molecular flexibility index (Phi) is 6.44. The lowest BCUT2D eigenvalue weighted by Crippen LogP contribution is -2.34. The third-order valence-electron chi connectivity index (χ3n) is 5.12. The zero-order chi connectivity index (χ0) is 19.3. The maximum absolute atomic E-state index is 13.9. The number of rotatable bonds is 7. The second-order valence-corrected chi connectivity index (χ2v) is 9.12. The lowest BCUT2D eigenvalue weighted by molar-refractivity contribution is 0.337. The molecule has 27 heavy (non-hydrogen) atoms. The van der Waals surface area contributed by atoms with Gasteiger partial charge >= 0.3 is 0 Å². The number of halogens is 1. The van der Waals surface area contributed by atoms with Crippen molar-refractivity contribution in [1.29, 1.82) is 0 Å². The van der Waals surface area contributed by atoms with Crippen LogP contribution < -0.4 is 10.0 Å². The molecule has 1 saturated carbocycles. The van der Waals surface area contributed by atoms with Crippen LogP contribution in [0.15, 0.2) is 42.6 Å². The van der Waals surface area contributed by atoms with Gasteiger partial charge in [0.1, 0.15) is 11.6 Å². The summed E-state index contributed by atoms with van der Waals surface area (Å²) in [6.07, 6.45) is 5.62. The standard InChI is InChI=1S/C20H26FN3O2S/c1-2-27(25,26)23-13-15-7-10-17(11-8-15)24-20-12-9-16(14-22-20)18-5-3-4-6-19(18)21/h3-6,9,12,14-15,17,23H,2,7-8,10-11,13H2,1H3,(H,22,24). The Hall–Kier alpha value is -1.99. The summed E-state index contributed by atoms with van der Waals surface area (Å²) in [6, 6.07) is 10.8. The summed E-state index contributed by atoms with van der Waals surface area (Å²) in [5.41, 5.74) is 1.30. The van der Waals surface area contributed by atoms with Gasteiger partial charge in [-0.05, 0) is 56.7 Å². The molecule has 1 heterocycles. The Morgan fingerprint density at radius 3 is 2.48 bits per heavy atom. The molecule has 1 aromatic carbocycles. The molecule has 0 spiro atoms. The maximum atomic E-state index is 13.9. The average Bonchev–Trinajstić information content (AvgIpc) is 2.69. The summed E-state index contributed by atoms with van der Waals surface area (Å²) < 4.78 is 39.6. The number of nitrogens with one attached hydrogen (secondary N) is 2. The first-order valence-corrected chi connectivity index (χ1v) is 11.1. The van der Waals surface area contributed by atoms with Crippen molar-refractivity contribution in [3.8, 4) is 11.1 Å². The van der Waals surface area contributed by atoms with Gasteiger partial charge in [-0.25, -0.2) is 22.5 Å². The number of hydrogen-bond donors (Lipinski definition) is 2. The minimum Gasteiger partial charge on any atom is -0.367 e. The Balaban J connectivity index is 1.50. The molecule has 1 fully saturated rings. The number of pyridine rings is 1. The van der Waals surface area contributed by atoms with Crippen LogP contribution in [0.1, 0.15) is 32.6 Å². The summed E-state index contributed by atoms with van der Waals surface area (Å²) in [5.74, 6) is 1.04. The van der Waals surface area contributed by atoms with Crippen LogP contribution in [0, 0.1) is 11.7 Å². The number of benzene rings is 1. The van der Waals surface area contributed by atoms with Crippen molar-refractivity contribution in [2.75, 3.05) is 17.6 Å². The summed E-state index contributed by atoms with van der Waals surface area (Å²) in [7, 11) is -3.11. The highest BCUT2D eigenvalue weighted by Crippen LogP contribution is 2.27. The zero-order valence-electron chi connectivity index (χ0n) is 15.5. The highest BCUT2D eigenvalue weighted by molar-refractivity contribution is 7.89. The predicted octanol–water partition coefficient (Wildman–Crippen LogP) is 3.80. The van der Waals surface area contributed by atoms with Crippen LogP contribution in [0.3, 0.4) is 0 Å². The molecule has 2 aromatic rings. The predicted molar refractivity (Wildman–Crippen MR) is 106 cm³/mol. The van der Waals surface area contributed by atoms with Crippen LogP contribution >= 0.6 is 0 Å². The maximum Gasteiger partial charge on any atom is 0.211 e. The van der Waals surface area contributed by atoms with E-state index in [1.807, 2.05) is 18.2 Å². The number of nitrogens with zero attached hydrogens (tertiary/aromatic N) is 1. The van der Waals surface area contributed by atoms with E-state index < -0.39 is 10.0 Å². The summed E-state index contributed by atoms with van der Waals surface area (Å²) in [5, 5.41) is 3.43. The van der Waals surface area contributed by atoms with Gasteiger partial charge in [0, 0.05) is 29.9 Å². The van der Waals surface area contributed by atoms with Crippen molar-refractivity contribution in [1.82, 2.24) is 9.71 Å². The second kappa shape index (κ2) is 8.80. The molecule has 7 heteroatoms. The van der Waals surface area contributed by atoms with E-state index in [4.69, 9.17) is 0 Å². The Labute approximate surface area is 160 Å². The first kappa shape index (κ1) is 19.8. The van der Waals surface area contributed by atoms with E-state index >= 15 is 0 Å². The third kappa shape index (κ3) is 5.49. The Bertz CT molecular complexity index is 848. The summed E-state index contributed by atoms with van der Waals surface area (Å²) in [6.45, 7) is 2.17. The van der Waals surface area contributed by atoms with Crippen molar-refractivity contribution in [3.63, 3.8) is 0 Å². The van der Waals surface area contributed by atoms with Crippen LogP contribution in [0.4, 0.5) is 10.2 Å². The zero-order valence-corrected chi connectivity index (χ0v) is 16.3. The molecular weight excluding hydrogens is 365 g/mol. The fourth-order valence-corrected chi connectivity index (χ4v) is 4.09. The van der Waals surface area contributed by atoms with Crippen LogP contribution in [0.25, 0.3) is 11.1 Å². The fraction of sp³-hybridized carbons (Fsp3) is 0.450. The molecule has 1 aliphatic carbocycles. The monoisotopic (exact) mass is 391 g/mol. The van der Waals surface area contributed by atoms with Crippen molar-refractivity contribution in [2.24, 2.45) is 5.92 Å². The van der Waals surface area contributed by atoms with Gasteiger partial charge in [0.2, 0.25) is 10.0 Å². The van der Waals surface area contributed by atoms with E-state index in [2.05, 4.69) is 15.0 Å². The molecule has 0 amide bonds. The van der Waals surface area contributed by atoms with Gasteiger partial charge < -0.3 is 5.32 Å². The van der Waals surface area contributed by atoms with E-state index in [9.17, 15) is 12.8 Å². The SMILES string of the molecule is CCS(=O)(=O)NCC1CCC(Nc2ccc(-c3ccccc3F)cn2)CC1. The van der Waals surface area contributed by atoms with Crippen molar-refractivity contribution >= 4 is 15.8 Å².